The van der Waals surface area contributed by atoms with Gasteiger partial charge in [0.25, 0.3) is 5.88 Å². The molecule has 2 aromatic heterocycles. The van der Waals surface area contributed by atoms with Crippen LogP contribution < -0.4 is 10.1 Å². The summed E-state index contributed by atoms with van der Waals surface area (Å²) in [6, 6.07) is 5.00. The van der Waals surface area contributed by atoms with Gasteiger partial charge >= 0.3 is 6.09 Å². The summed E-state index contributed by atoms with van der Waals surface area (Å²) in [5.41, 5.74) is 0. The molecular formula is C15H19N3O4. The number of amides is 1. The van der Waals surface area contributed by atoms with Crippen molar-refractivity contribution in [2.45, 2.75) is 19.3 Å². The number of furan rings is 1. The average molecular weight is 305 g/mol. The van der Waals surface area contributed by atoms with E-state index in [1.54, 1.807) is 12.1 Å². The lowest BCUT2D eigenvalue weighted by molar-refractivity contribution is 0.189. The molecule has 1 amide bonds. The summed E-state index contributed by atoms with van der Waals surface area (Å²) in [5.74, 6) is 1.07. The van der Waals surface area contributed by atoms with Crippen LogP contribution in [0.25, 0.3) is 11.5 Å². The monoisotopic (exact) mass is 305 g/mol. The van der Waals surface area contributed by atoms with Crippen LogP contribution in [0.15, 0.2) is 33.4 Å². The molecule has 0 unspecified atom stereocenters. The number of hydrogen-bond acceptors (Lipinski definition) is 6. The van der Waals surface area contributed by atoms with Gasteiger partial charge in [0, 0.05) is 13.1 Å². The summed E-state index contributed by atoms with van der Waals surface area (Å²) >= 11 is 0. The van der Waals surface area contributed by atoms with E-state index in [1.807, 2.05) is 0 Å². The molecule has 1 N–H and O–H groups in total. The maximum absolute atomic E-state index is 11.7. The van der Waals surface area contributed by atoms with Gasteiger partial charge in [0.2, 0.25) is 5.76 Å². The largest absolute Gasteiger partial charge is 0.461 e. The lowest BCUT2D eigenvalue weighted by atomic mass is 10.1. The molecule has 0 radical (unpaired) electrons. The van der Waals surface area contributed by atoms with Crippen molar-refractivity contribution in [1.82, 2.24) is 15.4 Å². The third-order valence-corrected chi connectivity index (χ3v) is 3.60. The summed E-state index contributed by atoms with van der Waals surface area (Å²) in [6.45, 7) is 3.60. The van der Waals surface area contributed by atoms with Crippen LogP contribution in [0.4, 0.5) is 4.79 Å². The van der Waals surface area contributed by atoms with Crippen LogP contribution in [0.1, 0.15) is 19.3 Å². The Morgan fingerprint density at radius 2 is 2.18 bits per heavy atom. The Bertz CT molecular complexity index is 588. The van der Waals surface area contributed by atoms with Crippen LogP contribution in [0, 0.1) is 0 Å². The minimum atomic E-state index is -0.531. The Labute approximate surface area is 128 Å². The van der Waals surface area contributed by atoms with Gasteiger partial charge in [-0.1, -0.05) is 6.42 Å². The Balaban J connectivity index is 1.42. The van der Waals surface area contributed by atoms with Gasteiger partial charge in [-0.2, -0.15) is 0 Å². The average Bonchev–Trinajstić information content (AvgIpc) is 3.19. The van der Waals surface area contributed by atoms with Crippen molar-refractivity contribution in [3.05, 3.63) is 24.5 Å². The van der Waals surface area contributed by atoms with Crippen LogP contribution in [-0.2, 0) is 0 Å². The van der Waals surface area contributed by atoms with Gasteiger partial charge in [-0.3, -0.25) is 0 Å². The molecule has 0 bridgehead atoms. The van der Waals surface area contributed by atoms with E-state index in [4.69, 9.17) is 13.7 Å². The molecule has 0 aromatic carbocycles. The molecule has 3 rings (SSSR count). The van der Waals surface area contributed by atoms with E-state index in [0.717, 1.165) is 19.6 Å². The third kappa shape index (κ3) is 3.88. The molecule has 1 fully saturated rings. The highest BCUT2D eigenvalue weighted by molar-refractivity contribution is 5.70. The number of aromatic nitrogens is 1. The number of carbonyl (C=O) groups is 1. The molecule has 0 saturated carbocycles. The van der Waals surface area contributed by atoms with E-state index in [1.165, 1.54) is 31.6 Å². The van der Waals surface area contributed by atoms with E-state index in [0.29, 0.717) is 18.1 Å². The van der Waals surface area contributed by atoms with Crippen molar-refractivity contribution >= 4 is 6.09 Å². The van der Waals surface area contributed by atoms with E-state index >= 15 is 0 Å². The van der Waals surface area contributed by atoms with Crippen molar-refractivity contribution in [2.75, 3.05) is 26.2 Å². The molecule has 7 nitrogen and oxygen atoms in total. The van der Waals surface area contributed by atoms with Crippen LogP contribution in [0.2, 0.25) is 0 Å². The fourth-order valence-corrected chi connectivity index (χ4v) is 2.47. The topological polar surface area (TPSA) is 80.7 Å². The number of likely N-dealkylation sites (tertiary alicyclic amines) is 1. The highest BCUT2D eigenvalue weighted by atomic mass is 16.6. The maximum Gasteiger partial charge on any atom is 0.414 e. The second kappa shape index (κ2) is 7.13. The first-order valence-corrected chi connectivity index (χ1v) is 7.50. The molecule has 1 aliphatic rings. The minimum absolute atomic E-state index is 0.113. The van der Waals surface area contributed by atoms with Crippen LogP contribution in [-0.4, -0.2) is 42.3 Å². The zero-order chi connectivity index (χ0) is 15.2. The zero-order valence-corrected chi connectivity index (χ0v) is 12.3. The first kappa shape index (κ1) is 14.6. The van der Waals surface area contributed by atoms with E-state index in [9.17, 15) is 4.79 Å². The molecule has 0 atom stereocenters. The Hall–Kier alpha value is -2.28. The molecule has 0 aliphatic carbocycles. The zero-order valence-electron chi connectivity index (χ0n) is 12.3. The summed E-state index contributed by atoms with van der Waals surface area (Å²) in [5, 5.41) is 6.40. The van der Waals surface area contributed by atoms with Crippen molar-refractivity contribution in [1.29, 1.82) is 0 Å². The molecule has 118 valence electrons. The molecule has 3 heterocycles. The highest BCUT2D eigenvalue weighted by Gasteiger charge is 2.14. The summed E-state index contributed by atoms with van der Waals surface area (Å²) in [7, 11) is 0. The third-order valence-electron chi connectivity index (χ3n) is 3.60. The first-order valence-electron chi connectivity index (χ1n) is 7.50. The summed E-state index contributed by atoms with van der Waals surface area (Å²) in [4.78, 5) is 14.0. The standard InChI is InChI=1S/C15H19N3O4/c19-15(16-6-9-18-7-2-1-3-8-18)21-14-11-13(22-17-14)12-5-4-10-20-12/h4-5,10-11H,1-3,6-9H2,(H,16,19). The molecule has 2 aromatic rings. The lowest BCUT2D eigenvalue weighted by Gasteiger charge is -2.26. The van der Waals surface area contributed by atoms with Gasteiger partial charge in [0.05, 0.1) is 12.3 Å². The predicted octanol–water partition coefficient (Wildman–Crippen LogP) is 2.51. The van der Waals surface area contributed by atoms with Gasteiger partial charge in [0.1, 0.15) is 0 Å². The second-order valence-electron chi connectivity index (χ2n) is 5.23. The fraction of sp³-hybridized carbons (Fsp3) is 0.467. The summed E-state index contributed by atoms with van der Waals surface area (Å²) in [6.07, 6.45) is 4.77. The lowest BCUT2D eigenvalue weighted by Crippen LogP contribution is -2.38. The second-order valence-corrected chi connectivity index (χ2v) is 5.23. The van der Waals surface area contributed by atoms with Gasteiger partial charge in [-0.25, -0.2) is 4.79 Å². The maximum atomic E-state index is 11.7. The van der Waals surface area contributed by atoms with Crippen LogP contribution >= 0.6 is 0 Å². The smallest absolute Gasteiger partial charge is 0.414 e. The summed E-state index contributed by atoms with van der Waals surface area (Å²) < 4.78 is 15.3. The van der Waals surface area contributed by atoms with E-state index < -0.39 is 6.09 Å². The quantitative estimate of drug-likeness (QED) is 0.914. The molecule has 1 aliphatic heterocycles. The Morgan fingerprint density at radius 1 is 1.32 bits per heavy atom. The van der Waals surface area contributed by atoms with Crippen molar-refractivity contribution < 1.29 is 18.5 Å². The van der Waals surface area contributed by atoms with Crippen LogP contribution in [0.5, 0.6) is 5.88 Å². The molecule has 1 saturated heterocycles. The number of hydrogen-bond donors (Lipinski definition) is 1. The number of ether oxygens (including phenoxy) is 1. The molecule has 0 spiro atoms. The first-order chi connectivity index (χ1) is 10.8. The van der Waals surface area contributed by atoms with Gasteiger partial charge < -0.3 is 23.9 Å². The Kier molecular flexibility index (Phi) is 4.75. The van der Waals surface area contributed by atoms with Gasteiger partial charge in [-0.05, 0) is 43.2 Å². The predicted molar refractivity (Wildman–Crippen MR) is 78.5 cm³/mol. The van der Waals surface area contributed by atoms with Crippen molar-refractivity contribution in [2.24, 2.45) is 0 Å². The SMILES string of the molecule is O=C(NCCN1CCCCC1)Oc1cc(-c2ccco2)on1. The van der Waals surface area contributed by atoms with E-state index in [-0.39, 0.29) is 5.88 Å². The number of nitrogens with zero attached hydrogens (tertiary/aromatic N) is 2. The van der Waals surface area contributed by atoms with Gasteiger partial charge in [0.15, 0.2) is 5.76 Å². The number of nitrogens with one attached hydrogen (secondary N) is 1. The minimum Gasteiger partial charge on any atom is -0.461 e. The number of rotatable bonds is 5. The molecule has 22 heavy (non-hydrogen) atoms. The Morgan fingerprint density at radius 3 is 2.95 bits per heavy atom. The van der Waals surface area contributed by atoms with Gasteiger partial charge in [-0.15, -0.1) is 0 Å². The normalized spacial score (nSPS) is 15.6. The van der Waals surface area contributed by atoms with Crippen molar-refractivity contribution in [3.63, 3.8) is 0 Å². The molecule has 7 heteroatoms. The van der Waals surface area contributed by atoms with Crippen molar-refractivity contribution in [3.8, 4) is 17.4 Å². The number of carbonyl (C=O) groups excluding carboxylic acids is 1. The molecular weight excluding hydrogens is 286 g/mol. The highest BCUT2D eigenvalue weighted by Crippen LogP contribution is 2.23. The fourth-order valence-electron chi connectivity index (χ4n) is 2.47. The van der Waals surface area contributed by atoms with E-state index in [2.05, 4.69) is 15.4 Å². The van der Waals surface area contributed by atoms with Crippen LogP contribution in [0.3, 0.4) is 0 Å². The number of piperidine rings is 1.